The van der Waals surface area contributed by atoms with Crippen LogP contribution in [0.4, 0.5) is 0 Å². The number of sulfonamides is 1. The Morgan fingerprint density at radius 1 is 1.25 bits per heavy atom. The van der Waals surface area contributed by atoms with Crippen LogP contribution in [0.15, 0.2) is 35.4 Å². The molecular formula is C21H25N3O3S. The molecule has 1 fully saturated rings. The number of pyridine rings is 1. The maximum atomic E-state index is 12.7. The number of fused-ring (bicyclic) bond motifs is 1. The second kappa shape index (κ2) is 7.29. The van der Waals surface area contributed by atoms with E-state index in [-0.39, 0.29) is 18.4 Å². The van der Waals surface area contributed by atoms with Crippen LogP contribution < -0.4 is 4.72 Å². The second-order valence-corrected chi connectivity index (χ2v) is 9.56. The van der Waals surface area contributed by atoms with E-state index in [4.69, 9.17) is 0 Å². The van der Waals surface area contributed by atoms with E-state index in [0.29, 0.717) is 18.0 Å². The molecule has 6 nitrogen and oxygen atoms in total. The van der Waals surface area contributed by atoms with E-state index in [1.54, 1.807) is 19.2 Å². The fourth-order valence-electron chi connectivity index (χ4n) is 3.60. The lowest BCUT2D eigenvalue weighted by Crippen LogP contribution is -2.37. The molecule has 1 aliphatic carbocycles. The molecular weight excluding hydrogens is 374 g/mol. The van der Waals surface area contributed by atoms with Crippen LogP contribution in [-0.4, -0.2) is 30.8 Å². The van der Waals surface area contributed by atoms with Crippen molar-refractivity contribution in [2.24, 2.45) is 5.92 Å². The van der Waals surface area contributed by atoms with Crippen molar-refractivity contribution in [2.75, 3.05) is 6.54 Å². The molecule has 2 aromatic rings. The summed E-state index contributed by atoms with van der Waals surface area (Å²) in [7, 11) is -3.60. The third kappa shape index (κ3) is 3.95. The highest BCUT2D eigenvalue weighted by Crippen LogP contribution is 2.32. The zero-order chi connectivity index (χ0) is 19.9. The first-order valence-corrected chi connectivity index (χ1v) is 11.1. The Labute approximate surface area is 166 Å². The van der Waals surface area contributed by atoms with Gasteiger partial charge in [-0.15, -0.1) is 0 Å². The van der Waals surface area contributed by atoms with Gasteiger partial charge in [0, 0.05) is 43.9 Å². The summed E-state index contributed by atoms with van der Waals surface area (Å²) in [5.74, 6) is 0.453. The number of hydrogen-bond acceptors (Lipinski definition) is 4. The summed E-state index contributed by atoms with van der Waals surface area (Å²) in [5, 5.41) is 0. The van der Waals surface area contributed by atoms with Crippen LogP contribution in [0.5, 0.6) is 0 Å². The summed E-state index contributed by atoms with van der Waals surface area (Å²) in [6.07, 6.45) is 4.48. The molecule has 2 heterocycles. The topological polar surface area (TPSA) is 79.4 Å². The second-order valence-electron chi connectivity index (χ2n) is 7.83. The Kier molecular flexibility index (Phi) is 4.97. The van der Waals surface area contributed by atoms with Gasteiger partial charge >= 0.3 is 0 Å². The zero-order valence-electron chi connectivity index (χ0n) is 16.2. The highest BCUT2D eigenvalue weighted by atomic mass is 32.2. The first-order valence-electron chi connectivity index (χ1n) is 9.66. The SMILES string of the molecule is Cc1ccc(C)c(S(=O)(=O)NCc2cnc3c(c2)CN(C(=O)C2CC2)CC3)c1. The lowest BCUT2D eigenvalue weighted by Gasteiger charge is -2.28. The molecule has 0 atom stereocenters. The van der Waals surface area contributed by atoms with Gasteiger partial charge in [-0.1, -0.05) is 12.1 Å². The van der Waals surface area contributed by atoms with Crippen molar-refractivity contribution in [1.29, 1.82) is 0 Å². The molecule has 4 rings (SSSR count). The molecule has 148 valence electrons. The molecule has 1 amide bonds. The van der Waals surface area contributed by atoms with Crippen LogP contribution in [0.2, 0.25) is 0 Å². The van der Waals surface area contributed by atoms with Gasteiger partial charge in [0.2, 0.25) is 15.9 Å². The molecule has 7 heteroatoms. The van der Waals surface area contributed by atoms with Crippen molar-refractivity contribution in [3.63, 3.8) is 0 Å². The predicted octanol–water partition coefficient (Wildman–Crippen LogP) is 2.47. The van der Waals surface area contributed by atoms with Gasteiger partial charge in [0.1, 0.15) is 0 Å². The van der Waals surface area contributed by atoms with Crippen molar-refractivity contribution in [2.45, 2.75) is 51.1 Å². The fourth-order valence-corrected chi connectivity index (χ4v) is 4.95. The number of amides is 1. The zero-order valence-corrected chi connectivity index (χ0v) is 17.1. The molecule has 1 aromatic carbocycles. The maximum absolute atomic E-state index is 12.7. The lowest BCUT2D eigenvalue weighted by atomic mass is 10.0. The van der Waals surface area contributed by atoms with Crippen molar-refractivity contribution in [1.82, 2.24) is 14.6 Å². The first-order chi connectivity index (χ1) is 13.3. The third-order valence-electron chi connectivity index (χ3n) is 5.43. The summed E-state index contributed by atoms with van der Waals surface area (Å²) in [6, 6.07) is 7.37. The van der Waals surface area contributed by atoms with E-state index < -0.39 is 10.0 Å². The van der Waals surface area contributed by atoms with Gasteiger partial charge in [-0.2, -0.15) is 0 Å². The van der Waals surface area contributed by atoms with Crippen LogP contribution in [0, 0.1) is 19.8 Å². The van der Waals surface area contributed by atoms with Crippen molar-refractivity contribution < 1.29 is 13.2 Å². The molecule has 1 aromatic heterocycles. The van der Waals surface area contributed by atoms with Gasteiger partial charge in [-0.05, 0) is 61.1 Å². The van der Waals surface area contributed by atoms with E-state index in [9.17, 15) is 13.2 Å². The highest BCUT2D eigenvalue weighted by molar-refractivity contribution is 7.89. The number of nitrogens with one attached hydrogen (secondary N) is 1. The van der Waals surface area contributed by atoms with Gasteiger partial charge in [-0.25, -0.2) is 13.1 Å². The molecule has 28 heavy (non-hydrogen) atoms. The van der Waals surface area contributed by atoms with E-state index in [1.165, 1.54) is 0 Å². The summed E-state index contributed by atoms with van der Waals surface area (Å²) in [6.45, 7) is 5.12. The number of nitrogens with zero attached hydrogens (tertiary/aromatic N) is 2. The van der Waals surface area contributed by atoms with Crippen LogP contribution in [0.25, 0.3) is 0 Å². The van der Waals surface area contributed by atoms with Crippen molar-refractivity contribution >= 4 is 15.9 Å². The number of carbonyl (C=O) groups excluding carboxylic acids is 1. The summed E-state index contributed by atoms with van der Waals surface area (Å²) >= 11 is 0. The van der Waals surface area contributed by atoms with E-state index in [1.807, 2.05) is 30.0 Å². The summed E-state index contributed by atoms with van der Waals surface area (Å²) < 4.78 is 28.1. The Morgan fingerprint density at radius 3 is 2.79 bits per heavy atom. The number of rotatable bonds is 5. The minimum Gasteiger partial charge on any atom is -0.338 e. The number of aryl methyl sites for hydroxylation is 2. The number of carbonyl (C=O) groups is 1. The third-order valence-corrected chi connectivity index (χ3v) is 6.98. The minimum absolute atomic E-state index is 0.173. The monoisotopic (exact) mass is 399 g/mol. The smallest absolute Gasteiger partial charge is 0.241 e. The Bertz CT molecular complexity index is 1030. The average molecular weight is 400 g/mol. The lowest BCUT2D eigenvalue weighted by molar-refractivity contribution is -0.133. The van der Waals surface area contributed by atoms with E-state index >= 15 is 0 Å². The molecule has 0 bridgehead atoms. The number of hydrogen-bond donors (Lipinski definition) is 1. The summed E-state index contributed by atoms with van der Waals surface area (Å²) in [4.78, 5) is 19.1. The molecule has 1 N–H and O–H groups in total. The molecule has 0 unspecified atom stereocenters. The van der Waals surface area contributed by atoms with Crippen LogP contribution in [0.1, 0.15) is 40.8 Å². The van der Waals surface area contributed by atoms with Gasteiger partial charge in [0.25, 0.3) is 0 Å². The summed E-state index contributed by atoms with van der Waals surface area (Å²) in [5.41, 5.74) is 4.44. The Balaban J connectivity index is 1.48. The molecule has 0 saturated heterocycles. The highest BCUT2D eigenvalue weighted by Gasteiger charge is 2.34. The van der Waals surface area contributed by atoms with Gasteiger partial charge < -0.3 is 4.90 Å². The molecule has 1 saturated carbocycles. The quantitative estimate of drug-likeness (QED) is 0.838. The molecule has 0 radical (unpaired) electrons. The molecule has 1 aliphatic heterocycles. The van der Waals surface area contributed by atoms with E-state index in [0.717, 1.165) is 47.2 Å². The standard InChI is InChI=1S/C21H25N3O3S/c1-14-3-4-15(2)20(9-14)28(26,27)23-12-16-10-18-13-24(21(25)17-5-6-17)8-7-19(18)22-11-16/h3-4,9-11,17,23H,5-8,12-13H2,1-2H3. The first kappa shape index (κ1) is 19.1. The number of benzene rings is 1. The van der Waals surface area contributed by atoms with Crippen LogP contribution in [-0.2, 0) is 34.3 Å². The van der Waals surface area contributed by atoms with Gasteiger partial charge in [-0.3, -0.25) is 9.78 Å². The largest absolute Gasteiger partial charge is 0.338 e. The predicted molar refractivity (Wildman–Crippen MR) is 106 cm³/mol. The number of aromatic nitrogens is 1. The molecule has 0 spiro atoms. The Hall–Kier alpha value is -2.25. The van der Waals surface area contributed by atoms with Gasteiger partial charge in [0.05, 0.1) is 4.90 Å². The average Bonchev–Trinajstić information content (AvgIpc) is 3.52. The van der Waals surface area contributed by atoms with Crippen molar-refractivity contribution in [3.05, 3.63) is 58.4 Å². The van der Waals surface area contributed by atoms with Crippen LogP contribution >= 0.6 is 0 Å². The maximum Gasteiger partial charge on any atom is 0.241 e. The molecule has 2 aliphatic rings. The normalized spacial score (nSPS) is 16.7. The fraction of sp³-hybridized carbons (Fsp3) is 0.429. The minimum atomic E-state index is -3.60. The Morgan fingerprint density at radius 2 is 2.04 bits per heavy atom. The van der Waals surface area contributed by atoms with E-state index in [2.05, 4.69) is 9.71 Å². The van der Waals surface area contributed by atoms with Crippen LogP contribution in [0.3, 0.4) is 0 Å². The van der Waals surface area contributed by atoms with Gasteiger partial charge in [0.15, 0.2) is 0 Å². The van der Waals surface area contributed by atoms with Crippen molar-refractivity contribution in [3.8, 4) is 0 Å².